The minimum Gasteiger partial charge on any atom is -0.424 e. The summed E-state index contributed by atoms with van der Waals surface area (Å²) in [5.41, 5.74) is 1.14. The lowest BCUT2D eigenvalue weighted by molar-refractivity contribution is 0.0905. The first kappa shape index (κ1) is 14.2. The van der Waals surface area contributed by atoms with Crippen LogP contribution >= 0.6 is 0 Å². The predicted octanol–water partition coefficient (Wildman–Crippen LogP) is 1.65. The monoisotopic (exact) mass is 287 g/mol. The van der Waals surface area contributed by atoms with E-state index in [9.17, 15) is 0 Å². The molecule has 1 atom stereocenters. The van der Waals surface area contributed by atoms with E-state index in [2.05, 4.69) is 38.0 Å². The highest BCUT2D eigenvalue weighted by Gasteiger charge is 2.23. The summed E-state index contributed by atoms with van der Waals surface area (Å²) in [7, 11) is 0. The van der Waals surface area contributed by atoms with E-state index in [-0.39, 0.29) is 0 Å². The first-order valence-corrected chi connectivity index (χ1v) is 7.38. The van der Waals surface area contributed by atoms with Gasteiger partial charge in [-0.2, -0.15) is 0 Å². The van der Waals surface area contributed by atoms with Crippen molar-refractivity contribution in [1.82, 2.24) is 25.0 Å². The number of aromatic nitrogens is 3. The van der Waals surface area contributed by atoms with Gasteiger partial charge >= 0.3 is 0 Å². The van der Waals surface area contributed by atoms with E-state index < -0.39 is 0 Å². The molecule has 1 unspecified atom stereocenters. The molecule has 0 saturated carbocycles. The average Bonchev–Trinajstić information content (AvgIpc) is 2.93. The van der Waals surface area contributed by atoms with Gasteiger partial charge < -0.3 is 4.42 Å². The zero-order valence-corrected chi connectivity index (χ0v) is 12.6. The minimum atomic E-state index is 0.360. The van der Waals surface area contributed by atoms with Crippen LogP contribution in [0.15, 0.2) is 28.8 Å². The summed E-state index contributed by atoms with van der Waals surface area (Å²) in [6.07, 6.45) is 1.86. The van der Waals surface area contributed by atoms with E-state index in [1.54, 1.807) is 0 Å². The number of piperazine rings is 1. The molecule has 1 fully saturated rings. The zero-order chi connectivity index (χ0) is 14.7. The summed E-state index contributed by atoms with van der Waals surface area (Å²) in [4.78, 5) is 9.28. The van der Waals surface area contributed by atoms with E-state index in [1.807, 2.05) is 25.3 Å². The third-order valence-corrected chi connectivity index (χ3v) is 4.00. The predicted molar refractivity (Wildman–Crippen MR) is 78.5 cm³/mol. The van der Waals surface area contributed by atoms with E-state index >= 15 is 0 Å². The van der Waals surface area contributed by atoms with E-state index in [4.69, 9.17) is 4.42 Å². The van der Waals surface area contributed by atoms with Crippen LogP contribution in [0.5, 0.6) is 0 Å². The Balaban J connectivity index is 1.53. The van der Waals surface area contributed by atoms with Crippen LogP contribution in [0.1, 0.15) is 30.4 Å². The van der Waals surface area contributed by atoms with Gasteiger partial charge in [0.15, 0.2) is 0 Å². The Morgan fingerprint density at radius 2 is 2.00 bits per heavy atom. The third kappa shape index (κ3) is 3.46. The quantitative estimate of drug-likeness (QED) is 0.852. The Bertz CT molecular complexity index is 562. The van der Waals surface area contributed by atoms with Crippen molar-refractivity contribution in [3.63, 3.8) is 0 Å². The molecule has 2 aromatic heterocycles. The summed E-state index contributed by atoms with van der Waals surface area (Å²) in [5, 5.41) is 7.93. The molecule has 0 amide bonds. The maximum atomic E-state index is 5.44. The van der Waals surface area contributed by atoms with Crippen molar-refractivity contribution >= 4 is 0 Å². The second-order valence-electron chi connectivity index (χ2n) is 5.46. The molecule has 1 aliphatic rings. The summed E-state index contributed by atoms with van der Waals surface area (Å²) in [6, 6.07) is 6.46. The zero-order valence-electron chi connectivity index (χ0n) is 12.6. The van der Waals surface area contributed by atoms with Gasteiger partial charge in [-0.3, -0.25) is 14.8 Å². The number of aryl methyl sites for hydroxylation is 1. The molecule has 0 aliphatic carbocycles. The molecule has 1 aliphatic heterocycles. The standard InChI is InChI=1S/C15H21N5O/c1-12(14-5-3-4-6-16-14)20-9-7-19(8-10-20)11-15-18-17-13(2)21-15/h3-6,12H,7-11H2,1-2H3. The lowest BCUT2D eigenvalue weighted by Crippen LogP contribution is -2.46. The summed E-state index contributed by atoms with van der Waals surface area (Å²) < 4.78 is 5.44. The Labute approximate surface area is 124 Å². The maximum absolute atomic E-state index is 5.44. The van der Waals surface area contributed by atoms with Gasteiger partial charge in [0.1, 0.15) is 0 Å². The first-order valence-electron chi connectivity index (χ1n) is 7.38. The fourth-order valence-electron chi connectivity index (χ4n) is 2.71. The van der Waals surface area contributed by atoms with E-state index in [0.29, 0.717) is 17.8 Å². The summed E-state index contributed by atoms with van der Waals surface area (Å²) >= 11 is 0. The van der Waals surface area contributed by atoms with Crippen LogP contribution in [0.2, 0.25) is 0 Å². The molecule has 112 valence electrons. The molecule has 3 heterocycles. The van der Waals surface area contributed by atoms with Crippen molar-refractivity contribution in [2.45, 2.75) is 26.4 Å². The minimum absolute atomic E-state index is 0.360. The Kier molecular flexibility index (Phi) is 4.26. The lowest BCUT2D eigenvalue weighted by Gasteiger charge is -2.37. The highest BCUT2D eigenvalue weighted by Crippen LogP contribution is 2.20. The molecule has 21 heavy (non-hydrogen) atoms. The summed E-state index contributed by atoms with van der Waals surface area (Å²) in [5.74, 6) is 1.34. The van der Waals surface area contributed by atoms with Crippen molar-refractivity contribution in [3.8, 4) is 0 Å². The molecule has 0 N–H and O–H groups in total. The molecular weight excluding hydrogens is 266 g/mol. The van der Waals surface area contributed by atoms with E-state index in [1.165, 1.54) is 0 Å². The lowest BCUT2D eigenvalue weighted by atomic mass is 10.1. The van der Waals surface area contributed by atoms with Crippen molar-refractivity contribution in [2.24, 2.45) is 0 Å². The van der Waals surface area contributed by atoms with Crippen molar-refractivity contribution in [1.29, 1.82) is 0 Å². The molecular formula is C15H21N5O. The SMILES string of the molecule is Cc1nnc(CN2CCN(C(C)c3ccccn3)CC2)o1. The van der Waals surface area contributed by atoms with Gasteiger partial charge in [-0.1, -0.05) is 6.07 Å². The normalized spacial score (nSPS) is 18.8. The largest absolute Gasteiger partial charge is 0.424 e. The number of nitrogens with zero attached hydrogens (tertiary/aromatic N) is 5. The van der Waals surface area contributed by atoms with Crippen molar-refractivity contribution < 1.29 is 4.42 Å². The van der Waals surface area contributed by atoms with Gasteiger partial charge in [0.05, 0.1) is 12.2 Å². The van der Waals surface area contributed by atoms with Crippen LogP contribution in [0.25, 0.3) is 0 Å². The molecule has 1 saturated heterocycles. The van der Waals surface area contributed by atoms with E-state index in [0.717, 1.165) is 38.4 Å². The molecule has 0 aromatic carbocycles. The second-order valence-corrected chi connectivity index (χ2v) is 5.46. The van der Waals surface area contributed by atoms with Gasteiger partial charge in [-0.25, -0.2) is 0 Å². The number of hydrogen-bond acceptors (Lipinski definition) is 6. The van der Waals surface area contributed by atoms with Crippen LogP contribution in [-0.4, -0.2) is 51.2 Å². The van der Waals surface area contributed by atoms with Crippen LogP contribution in [0, 0.1) is 6.92 Å². The molecule has 0 bridgehead atoms. The average molecular weight is 287 g/mol. The fourth-order valence-corrected chi connectivity index (χ4v) is 2.71. The fraction of sp³-hybridized carbons (Fsp3) is 0.533. The summed E-state index contributed by atoms with van der Waals surface area (Å²) in [6.45, 7) is 8.88. The Morgan fingerprint density at radius 1 is 1.19 bits per heavy atom. The highest BCUT2D eigenvalue weighted by molar-refractivity contribution is 5.08. The Hall–Kier alpha value is -1.79. The highest BCUT2D eigenvalue weighted by atomic mass is 16.4. The Morgan fingerprint density at radius 3 is 2.62 bits per heavy atom. The number of hydrogen-bond donors (Lipinski definition) is 0. The molecule has 6 nitrogen and oxygen atoms in total. The van der Waals surface area contributed by atoms with Crippen LogP contribution in [0.4, 0.5) is 0 Å². The van der Waals surface area contributed by atoms with Gasteiger partial charge in [0.25, 0.3) is 0 Å². The van der Waals surface area contributed by atoms with Crippen LogP contribution < -0.4 is 0 Å². The number of rotatable bonds is 4. The number of pyridine rings is 1. The second kappa shape index (κ2) is 6.32. The van der Waals surface area contributed by atoms with Gasteiger partial charge in [-0.15, -0.1) is 10.2 Å². The molecule has 3 rings (SSSR count). The van der Waals surface area contributed by atoms with Gasteiger partial charge in [0, 0.05) is 45.3 Å². The molecule has 0 spiro atoms. The topological polar surface area (TPSA) is 58.3 Å². The third-order valence-electron chi connectivity index (χ3n) is 4.00. The smallest absolute Gasteiger partial charge is 0.230 e. The molecule has 2 aromatic rings. The van der Waals surface area contributed by atoms with Crippen molar-refractivity contribution in [3.05, 3.63) is 41.9 Å². The molecule has 0 radical (unpaired) electrons. The first-order chi connectivity index (χ1) is 10.2. The molecule has 6 heteroatoms. The van der Waals surface area contributed by atoms with Crippen molar-refractivity contribution in [2.75, 3.05) is 26.2 Å². The van der Waals surface area contributed by atoms with Gasteiger partial charge in [0.2, 0.25) is 11.8 Å². The van der Waals surface area contributed by atoms with Crippen LogP contribution in [0.3, 0.4) is 0 Å². The van der Waals surface area contributed by atoms with Crippen LogP contribution in [-0.2, 0) is 6.54 Å². The van der Waals surface area contributed by atoms with Gasteiger partial charge in [-0.05, 0) is 19.1 Å². The maximum Gasteiger partial charge on any atom is 0.230 e.